The fourth-order valence-electron chi connectivity index (χ4n) is 3.08. The van der Waals surface area contributed by atoms with Gasteiger partial charge < -0.3 is 0 Å². The van der Waals surface area contributed by atoms with Crippen molar-refractivity contribution >= 4 is 15.9 Å². The second-order valence-electron chi connectivity index (χ2n) is 5.92. The molecule has 0 nitrogen and oxygen atoms in total. The first-order valence-electron chi connectivity index (χ1n) is 6.49. The Morgan fingerprint density at radius 2 is 2.11 bits per heavy atom. The van der Waals surface area contributed by atoms with E-state index in [1.54, 1.807) is 12.1 Å². The van der Waals surface area contributed by atoms with Gasteiger partial charge in [-0.3, -0.25) is 0 Å². The fourth-order valence-corrected chi connectivity index (χ4v) is 4.41. The minimum absolute atomic E-state index is 0.214. The third-order valence-corrected chi connectivity index (χ3v) is 5.18. The van der Waals surface area contributed by atoms with Crippen LogP contribution < -0.4 is 0 Å². The lowest BCUT2D eigenvalue weighted by atomic mass is 9.79. The summed E-state index contributed by atoms with van der Waals surface area (Å²) < 4.78 is 26.8. The summed E-state index contributed by atoms with van der Waals surface area (Å²) in [6.45, 7) is 4.53. The molecule has 1 aliphatic carbocycles. The Labute approximate surface area is 116 Å². The molecule has 3 heteroatoms. The van der Waals surface area contributed by atoms with Gasteiger partial charge in [0.1, 0.15) is 0 Å². The number of halogens is 3. The highest BCUT2D eigenvalue weighted by molar-refractivity contribution is 9.09. The van der Waals surface area contributed by atoms with Gasteiger partial charge in [-0.1, -0.05) is 48.3 Å². The summed E-state index contributed by atoms with van der Waals surface area (Å²) in [5, 5.41) is 0. The first kappa shape index (κ1) is 14.0. The van der Waals surface area contributed by atoms with Crippen LogP contribution in [-0.2, 0) is 6.42 Å². The van der Waals surface area contributed by atoms with E-state index in [1.165, 1.54) is 25.3 Å². The summed E-state index contributed by atoms with van der Waals surface area (Å²) in [5.41, 5.74) is 0.761. The molecule has 0 radical (unpaired) electrons. The molecule has 1 aromatic carbocycles. The normalized spacial score (nSPS) is 24.2. The lowest BCUT2D eigenvalue weighted by molar-refractivity contribution is 0.254. The third kappa shape index (κ3) is 2.76. The number of hydrogen-bond donors (Lipinski definition) is 0. The Hall–Kier alpha value is -0.440. The van der Waals surface area contributed by atoms with E-state index in [0.717, 1.165) is 0 Å². The summed E-state index contributed by atoms with van der Waals surface area (Å²) in [6.07, 6.45) is 4.16. The maximum Gasteiger partial charge on any atom is 0.162 e. The van der Waals surface area contributed by atoms with Gasteiger partial charge in [-0.25, -0.2) is 8.78 Å². The van der Waals surface area contributed by atoms with Gasteiger partial charge >= 0.3 is 0 Å². The zero-order valence-electron chi connectivity index (χ0n) is 10.8. The van der Waals surface area contributed by atoms with Crippen molar-refractivity contribution in [3.05, 3.63) is 35.4 Å². The van der Waals surface area contributed by atoms with Gasteiger partial charge in [0.25, 0.3) is 0 Å². The molecule has 1 fully saturated rings. The molecule has 0 heterocycles. The van der Waals surface area contributed by atoms with E-state index in [0.29, 0.717) is 17.9 Å². The van der Waals surface area contributed by atoms with Crippen molar-refractivity contribution < 1.29 is 8.78 Å². The standard InChI is InChI=1S/C15H19BrF2/c1-15(2)8-4-6-11(15)12(16)9-10-5-3-7-13(17)14(10)18/h3,5,7,11-12H,4,6,8-9H2,1-2H3. The molecular formula is C15H19BrF2. The average molecular weight is 317 g/mol. The quantitative estimate of drug-likeness (QED) is 0.681. The van der Waals surface area contributed by atoms with Crippen molar-refractivity contribution in [2.45, 2.75) is 44.4 Å². The molecule has 100 valence electrons. The number of rotatable bonds is 3. The van der Waals surface area contributed by atoms with Gasteiger partial charge in [-0.2, -0.15) is 0 Å². The van der Waals surface area contributed by atoms with Crippen LogP contribution in [0.5, 0.6) is 0 Å². The predicted molar refractivity (Wildman–Crippen MR) is 73.9 cm³/mol. The first-order chi connectivity index (χ1) is 8.42. The highest BCUT2D eigenvalue weighted by Gasteiger charge is 2.38. The molecule has 0 aliphatic heterocycles. The topological polar surface area (TPSA) is 0 Å². The molecule has 2 rings (SSSR count). The molecular weight excluding hydrogens is 298 g/mol. The van der Waals surface area contributed by atoms with Crippen LogP contribution in [0.1, 0.15) is 38.7 Å². The summed E-state index contributed by atoms with van der Waals surface area (Å²) in [5.74, 6) is -0.921. The minimum atomic E-state index is -0.752. The molecule has 0 amide bonds. The predicted octanol–water partition coefficient (Wildman–Crippen LogP) is 5.10. The fraction of sp³-hybridized carbons (Fsp3) is 0.600. The van der Waals surface area contributed by atoms with Crippen molar-refractivity contribution in [1.29, 1.82) is 0 Å². The van der Waals surface area contributed by atoms with Crippen molar-refractivity contribution in [3.63, 3.8) is 0 Å². The van der Waals surface area contributed by atoms with E-state index >= 15 is 0 Å². The summed E-state index contributed by atoms with van der Waals surface area (Å²) in [6, 6.07) is 4.42. The average Bonchev–Trinajstić information content (AvgIpc) is 2.65. The summed E-state index contributed by atoms with van der Waals surface area (Å²) in [4.78, 5) is 0.214. The van der Waals surface area contributed by atoms with Crippen molar-refractivity contribution in [2.75, 3.05) is 0 Å². The molecule has 1 aromatic rings. The Bertz CT molecular complexity index is 429. The molecule has 18 heavy (non-hydrogen) atoms. The monoisotopic (exact) mass is 316 g/mol. The van der Waals surface area contributed by atoms with E-state index in [4.69, 9.17) is 0 Å². The van der Waals surface area contributed by atoms with Crippen LogP contribution in [0.15, 0.2) is 18.2 Å². The van der Waals surface area contributed by atoms with E-state index < -0.39 is 11.6 Å². The van der Waals surface area contributed by atoms with Crippen LogP contribution >= 0.6 is 15.9 Å². The van der Waals surface area contributed by atoms with Crippen molar-refractivity contribution in [2.24, 2.45) is 11.3 Å². The van der Waals surface area contributed by atoms with E-state index in [1.807, 2.05) is 0 Å². The van der Waals surface area contributed by atoms with Crippen LogP contribution in [0.25, 0.3) is 0 Å². The molecule has 1 aliphatic rings. The van der Waals surface area contributed by atoms with Crippen LogP contribution in [0, 0.1) is 23.0 Å². The van der Waals surface area contributed by atoms with E-state index in [-0.39, 0.29) is 10.2 Å². The van der Waals surface area contributed by atoms with Gasteiger partial charge in [-0.15, -0.1) is 0 Å². The number of benzene rings is 1. The number of hydrogen-bond acceptors (Lipinski definition) is 0. The largest absolute Gasteiger partial charge is 0.204 e. The highest BCUT2D eigenvalue weighted by Crippen LogP contribution is 2.47. The molecule has 1 saturated carbocycles. The molecule has 0 N–H and O–H groups in total. The van der Waals surface area contributed by atoms with Crippen LogP contribution in [0.4, 0.5) is 8.78 Å². The van der Waals surface area contributed by atoms with Gasteiger partial charge in [0.05, 0.1) is 0 Å². The lowest BCUT2D eigenvalue weighted by Crippen LogP contribution is -2.27. The Morgan fingerprint density at radius 1 is 1.39 bits per heavy atom. The van der Waals surface area contributed by atoms with Gasteiger partial charge in [-0.05, 0) is 42.2 Å². The van der Waals surface area contributed by atoms with E-state index in [2.05, 4.69) is 29.8 Å². The zero-order valence-corrected chi connectivity index (χ0v) is 12.4. The Morgan fingerprint density at radius 3 is 2.72 bits per heavy atom. The third-order valence-electron chi connectivity index (χ3n) is 4.22. The molecule has 2 atom stereocenters. The van der Waals surface area contributed by atoms with Gasteiger partial charge in [0.15, 0.2) is 11.6 Å². The molecule has 0 spiro atoms. The second kappa shape index (κ2) is 5.28. The molecule has 2 unspecified atom stereocenters. The minimum Gasteiger partial charge on any atom is -0.204 e. The van der Waals surface area contributed by atoms with Crippen LogP contribution in [0.3, 0.4) is 0 Å². The van der Waals surface area contributed by atoms with Gasteiger partial charge in [0, 0.05) is 4.83 Å². The van der Waals surface area contributed by atoms with Crippen molar-refractivity contribution in [3.8, 4) is 0 Å². The summed E-state index contributed by atoms with van der Waals surface area (Å²) in [7, 11) is 0. The molecule has 0 saturated heterocycles. The van der Waals surface area contributed by atoms with E-state index in [9.17, 15) is 8.78 Å². The smallest absolute Gasteiger partial charge is 0.162 e. The SMILES string of the molecule is CC1(C)CCCC1C(Br)Cc1cccc(F)c1F. The molecule has 0 bridgehead atoms. The van der Waals surface area contributed by atoms with Gasteiger partial charge in [0.2, 0.25) is 0 Å². The molecule has 0 aromatic heterocycles. The van der Waals surface area contributed by atoms with Crippen LogP contribution in [-0.4, -0.2) is 4.83 Å². The second-order valence-corrected chi connectivity index (χ2v) is 7.10. The van der Waals surface area contributed by atoms with Crippen LogP contribution in [0.2, 0.25) is 0 Å². The lowest BCUT2D eigenvalue weighted by Gasteiger charge is -2.31. The Balaban J connectivity index is 2.12. The maximum atomic E-state index is 13.6. The zero-order chi connectivity index (χ0) is 13.3. The van der Waals surface area contributed by atoms with Crippen molar-refractivity contribution in [1.82, 2.24) is 0 Å². The first-order valence-corrected chi connectivity index (χ1v) is 7.40. The summed E-state index contributed by atoms with van der Waals surface area (Å²) >= 11 is 3.69. The maximum absolute atomic E-state index is 13.6. The number of alkyl halides is 1. The Kier molecular flexibility index (Phi) is 4.10. The highest BCUT2D eigenvalue weighted by atomic mass is 79.9.